The third-order valence-electron chi connectivity index (χ3n) is 5.80. The van der Waals surface area contributed by atoms with Crippen molar-refractivity contribution >= 4 is 5.91 Å². The Kier molecular flexibility index (Phi) is 8.23. The summed E-state index contributed by atoms with van der Waals surface area (Å²) in [4.78, 5) is 14.4. The van der Waals surface area contributed by atoms with Crippen LogP contribution in [0, 0.1) is 17.6 Å². The number of amides is 1. The molecular formula is C24H30F2N2O3. The van der Waals surface area contributed by atoms with Gasteiger partial charge in [0.25, 0.3) is 0 Å². The summed E-state index contributed by atoms with van der Waals surface area (Å²) in [6.45, 7) is 2.20. The van der Waals surface area contributed by atoms with E-state index in [1.165, 1.54) is 18.2 Å². The monoisotopic (exact) mass is 432 g/mol. The molecule has 1 fully saturated rings. The molecule has 0 saturated carbocycles. The summed E-state index contributed by atoms with van der Waals surface area (Å²) in [5, 5.41) is 2.94. The van der Waals surface area contributed by atoms with Gasteiger partial charge in [0, 0.05) is 43.2 Å². The van der Waals surface area contributed by atoms with Crippen LogP contribution in [0.1, 0.15) is 36.8 Å². The highest BCUT2D eigenvalue weighted by Gasteiger charge is 2.22. The van der Waals surface area contributed by atoms with Gasteiger partial charge in [-0.15, -0.1) is 0 Å². The lowest BCUT2D eigenvalue weighted by Gasteiger charge is -2.32. The van der Waals surface area contributed by atoms with Crippen LogP contribution < -0.4 is 14.8 Å². The number of nitrogens with one attached hydrogen (secondary N) is 1. The summed E-state index contributed by atoms with van der Waals surface area (Å²) in [5.41, 5.74) is 1.00. The predicted octanol–water partition coefficient (Wildman–Crippen LogP) is 4.29. The van der Waals surface area contributed by atoms with Crippen LogP contribution in [0.2, 0.25) is 0 Å². The van der Waals surface area contributed by atoms with Gasteiger partial charge in [-0.3, -0.25) is 9.69 Å². The molecule has 1 atom stereocenters. The van der Waals surface area contributed by atoms with Crippen LogP contribution >= 0.6 is 0 Å². The maximum Gasteiger partial charge on any atom is 0.220 e. The molecule has 1 N–H and O–H groups in total. The first kappa shape index (κ1) is 23.0. The van der Waals surface area contributed by atoms with Crippen molar-refractivity contribution in [2.75, 3.05) is 27.3 Å². The standard InChI is InChI=1S/C24H30F2N2O3/c1-30-19-10-9-18(23(13-19)31-2)14-27-24(29)11-8-17-5-4-12-28(15-17)16-20-21(25)6-3-7-22(20)26/h3,6-7,9-10,13,17H,4-5,8,11-12,14-16H2,1-2H3,(H,27,29)/t17-/m0/s1. The van der Waals surface area contributed by atoms with Crippen LogP contribution in [-0.4, -0.2) is 38.1 Å². The number of ether oxygens (including phenoxy) is 2. The van der Waals surface area contributed by atoms with Crippen LogP contribution in [-0.2, 0) is 17.9 Å². The molecule has 0 spiro atoms. The maximum absolute atomic E-state index is 13.9. The zero-order chi connectivity index (χ0) is 22.2. The molecule has 0 aromatic heterocycles. The molecule has 1 amide bonds. The van der Waals surface area contributed by atoms with Crippen LogP contribution in [0.3, 0.4) is 0 Å². The summed E-state index contributed by atoms with van der Waals surface area (Å²) in [5.74, 6) is 0.679. The smallest absolute Gasteiger partial charge is 0.220 e. The molecule has 1 aliphatic rings. The molecule has 5 nitrogen and oxygen atoms in total. The Morgan fingerprint density at radius 3 is 2.65 bits per heavy atom. The third-order valence-corrected chi connectivity index (χ3v) is 5.80. The minimum atomic E-state index is -0.504. The van der Waals surface area contributed by atoms with Gasteiger partial charge in [-0.05, 0) is 56.0 Å². The molecule has 2 aromatic carbocycles. The molecule has 1 heterocycles. The highest BCUT2D eigenvalue weighted by molar-refractivity contribution is 5.75. The third kappa shape index (κ3) is 6.40. The molecule has 31 heavy (non-hydrogen) atoms. The average molecular weight is 433 g/mol. The van der Waals surface area contributed by atoms with E-state index in [1.54, 1.807) is 20.3 Å². The summed E-state index contributed by atoms with van der Waals surface area (Å²) >= 11 is 0. The largest absolute Gasteiger partial charge is 0.497 e. The SMILES string of the molecule is COc1ccc(CNC(=O)CC[C@@H]2CCCN(Cc3c(F)cccc3F)C2)c(OC)c1. The van der Waals surface area contributed by atoms with E-state index in [2.05, 4.69) is 10.2 Å². The number of nitrogens with zero attached hydrogens (tertiary/aromatic N) is 1. The molecule has 168 valence electrons. The van der Waals surface area contributed by atoms with Gasteiger partial charge < -0.3 is 14.8 Å². The van der Waals surface area contributed by atoms with Crippen molar-refractivity contribution in [3.8, 4) is 11.5 Å². The number of likely N-dealkylation sites (tertiary alicyclic amines) is 1. The second-order valence-corrected chi connectivity index (χ2v) is 7.94. The van der Waals surface area contributed by atoms with E-state index >= 15 is 0 Å². The summed E-state index contributed by atoms with van der Waals surface area (Å²) < 4.78 is 38.4. The highest BCUT2D eigenvalue weighted by atomic mass is 19.1. The fourth-order valence-electron chi connectivity index (χ4n) is 4.05. The summed E-state index contributed by atoms with van der Waals surface area (Å²) in [6.07, 6.45) is 3.16. The van der Waals surface area contributed by atoms with Crippen molar-refractivity contribution in [2.45, 2.75) is 38.8 Å². The lowest BCUT2D eigenvalue weighted by atomic mass is 9.93. The molecule has 7 heteroatoms. The molecule has 1 saturated heterocycles. The molecule has 2 aromatic rings. The lowest BCUT2D eigenvalue weighted by Crippen LogP contribution is -2.36. The fourth-order valence-corrected chi connectivity index (χ4v) is 4.05. The van der Waals surface area contributed by atoms with Gasteiger partial charge in [0.15, 0.2) is 0 Å². The van der Waals surface area contributed by atoms with Gasteiger partial charge in [-0.25, -0.2) is 8.78 Å². The normalized spacial score (nSPS) is 16.7. The Morgan fingerprint density at radius 1 is 1.16 bits per heavy atom. The molecule has 0 unspecified atom stereocenters. The number of hydrogen-bond acceptors (Lipinski definition) is 4. The first-order chi connectivity index (χ1) is 15.0. The number of carbonyl (C=O) groups excluding carboxylic acids is 1. The second-order valence-electron chi connectivity index (χ2n) is 7.94. The van der Waals surface area contributed by atoms with Crippen LogP contribution in [0.4, 0.5) is 8.78 Å². The van der Waals surface area contributed by atoms with Gasteiger partial charge in [-0.2, -0.15) is 0 Å². The Balaban J connectivity index is 1.46. The van der Waals surface area contributed by atoms with Gasteiger partial charge in [0.05, 0.1) is 14.2 Å². The Labute approximate surface area is 182 Å². The van der Waals surface area contributed by atoms with Crippen molar-refractivity contribution < 1.29 is 23.0 Å². The molecular weight excluding hydrogens is 402 g/mol. The first-order valence-electron chi connectivity index (χ1n) is 10.6. The molecule has 0 radical (unpaired) electrons. The number of hydrogen-bond donors (Lipinski definition) is 1. The topological polar surface area (TPSA) is 50.8 Å². The van der Waals surface area contributed by atoms with E-state index in [4.69, 9.17) is 9.47 Å². The van der Waals surface area contributed by atoms with Crippen LogP contribution in [0.15, 0.2) is 36.4 Å². The van der Waals surface area contributed by atoms with E-state index in [1.807, 2.05) is 12.1 Å². The molecule has 1 aliphatic heterocycles. The van der Waals surface area contributed by atoms with Crippen LogP contribution in [0.25, 0.3) is 0 Å². The van der Waals surface area contributed by atoms with Crippen molar-refractivity contribution in [3.63, 3.8) is 0 Å². The Bertz CT molecular complexity index is 871. The number of rotatable bonds is 9. The molecule has 0 aliphatic carbocycles. The molecule has 0 bridgehead atoms. The summed E-state index contributed by atoms with van der Waals surface area (Å²) in [7, 11) is 3.18. The minimum Gasteiger partial charge on any atom is -0.497 e. The van der Waals surface area contributed by atoms with Gasteiger partial charge in [-0.1, -0.05) is 6.07 Å². The zero-order valence-electron chi connectivity index (χ0n) is 18.1. The lowest BCUT2D eigenvalue weighted by molar-refractivity contribution is -0.121. The van der Waals surface area contributed by atoms with E-state index in [9.17, 15) is 13.6 Å². The number of benzene rings is 2. The van der Waals surface area contributed by atoms with Crippen LogP contribution in [0.5, 0.6) is 11.5 Å². The first-order valence-corrected chi connectivity index (χ1v) is 10.6. The van der Waals surface area contributed by atoms with E-state index in [0.717, 1.165) is 37.9 Å². The molecule has 3 rings (SSSR count). The number of piperidine rings is 1. The number of halogens is 2. The van der Waals surface area contributed by atoms with Gasteiger partial charge >= 0.3 is 0 Å². The van der Waals surface area contributed by atoms with Gasteiger partial charge in [0.2, 0.25) is 5.91 Å². The zero-order valence-corrected chi connectivity index (χ0v) is 18.1. The predicted molar refractivity (Wildman–Crippen MR) is 115 cm³/mol. The maximum atomic E-state index is 13.9. The van der Waals surface area contributed by atoms with E-state index in [0.29, 0.717) is 30.4 Å². The van der Waals surface area contributed by atoms with Crippen molar-refractivity contribution in [2.24, 2.45) is 5.92 Å². The minimum absolute atomic E-state index is 0.0184. The average Bonchev–Trinajstić information content (AvgIpc) is 2.79. The van der Waals surface area contributed by atoms with Crippen molar-refractivity contribution in [1.29, 1.82) is 0 Å². The second kappa shape index (κ2) is 11.1. The van der Waals surface area contributed by atoms with E-state index < -0.39 is 11.6 Å². The number of carbonyl (C=O) groups is 1. The Morgan fingerprint density at radius 2 is 1.94 bits per heavy atom. The van der Waals surface area contributed by atoms with Crippen molar-refractivity contribution in [3.05, 3.63) is 59.2 Å². The summed E-state index contributed by atoms with van der Waals surface area (Å²) in [6, 6.07) is 9.46. The van der Waals surface area contributed by atoms with Gasteiger partial charge in [0.1, 0.15) is 23.1 Å². The Hall–Kier alpha value is -2.67. The van der Waals surface area contributed by atoms with E-state index in [-0.39, 0.29) is 18.0 Å². The highest BCUT2D eigenvalue weighted by Crippen LogP contribution is 2.25. The fraction of sp³-hybridized carbons (Fsp3) is 0.458. The van der Waals surface area contributed by atoms with Crippen molar-refractivity contribution in [1.82, 2.24) is 10.2 Å². The number of methoxy groups -OCH3 is 2. The quantitative estimate of drug-likeness (QED) is 0.642.